The van der Waals surface area contributed by atoms with Crippen LogP contribution in [0.1, 0.15) is 26.3 Å². The zero-order valence-electron chi connectivity index (χ0n) is 16.1. The van der Waals surface area contributed by atoms with E-state index in [0.717, 1.165) is 44.8 Å². The van der Waals surface area contributed by atoms with E-state index >= 15 is 0 Å². The zero-order valence-corrected chi connectivity index (χ0v) is 16.1. The second kappa shape index (κ2) is 11.3. The average Bonchev–Trinajstić information content (AvgIpc) is 3.09. The fourth-order valence-corrected chi connectivity index (χ4v) is 2.87. The molecular formula is C19H29N3O5. The van der Waals surface area contributed by atoms with Gasteiger partial charge in [-0.15, -0.1) is 0 Å². The Morgan fingerprint density at radius 2 is 1.74 bits per heavy atom. The molecule has 0 bridgehead atoms. The number of benzene rings is 1. The minimum Gasteiger partial charge on any atom is -0.473 e. The number of fused-ring (bicyclic) bond motifs is 1. The number of aliphatic carboxylic acids is 2. The number of hydrogen-bond acceptors (Lipinski definition) is 5. The number of carbonyl (C=O) groups excluding carboxylic acids is 1. The first-order valence-corrected chi connectivity index (χ1v) is 9.13. The lowest BCUT2D eigenvalue weighted by molar-refractivity contribution is -0.159. The van der Waals surface area contributed by atoms with Crippen LogP contribution in [0.3, 0.4) is 0 Å². The van der Waals surface area contributed by atoms with E-state index in [1.165, 1.54) is 5.56 Å². The molecule has 8 nitrogen and oxygen atoms in total. The standard InChI is InChI=1S/C17H27N3O.C2H2O4/c1-4-19(5-2)13-11-18-14(3)17(21)20-12-10-15-8-6-7-9-16(15)20;3-1(4)2(5)6/h6-9,14,18H,4-5,10-13H2,1-3H3;(H,3,4)(H,5,6). The Bertz CT molecular complexity index is 634. The molecule has 1 aromatic carbocycles. The van der Waals surface area contributed by atoms with Crippen LogP contribution in [-0.4, -0.2) is 71.7 Å². The molecule has 0 saturated carbocycles. The highest BCUT2D eigenvalue weighted by Crippen LogP contribution is 2.27. The molecule has 0 fully saturated rings. The number of carboxylic acids is 2. The van der Waals surface area contributed by atoms with Gasteiger partial charge in [0.1, 0.15) is 0 Å². The van der Waals surface area contributed by atoms with Gasteiger partial charge in [0.2, 0.25) is 5.91 Å². The van der Waals surface area contributed by atoms with Crippen molar-refractivity contribution in [3.63, 3.8) is 0 Å². The van der Waals surface area contributed by atoms with E-state index in [-0.39, 0.29) is 11.9 Å². The Labute approximate surface area is 159 Å². The molecule has 1 atom stereocenters. The molecule has 0 spiro atoms. The maximum Gasteiger partial charge on any atom is 0.414 e. The first-order chi connectivity index (χ1) is 12.8. The second-order valence-corrected chi connectivity index (χ2v) is 6.18. The molecule has 1 amide bonds. The molecule has 3 N–H and O–H groups in total. The van der Waals surface area contributed by atoms with E-state index in [4.69, 9.17) is 19.8 Å². The third-order valence-corrected chi connectivity index (χ3v) is 4.48. The molecule has 1 aliphatic rings. The minimum atomic E-state index is -1.82. The minimum absolute atomic E-state index is 0.133. The Kier molecular flexibility index (Phi) is 9.46. The second-order valence-electron chi connectivity index (χ2n) is 6.18. The number of carboxylic acid groups (broad SMARTS) is 2. The molecular weight excluding hydrogens is 350 g/mol. The topological polar surface area (TPSA) is 110 Å². The van der Waals surface area contributed by atoms with Crippen molar-refractivity contribution in [3.8, 4) is 0 Å². The number of rotatable bonds is 7. The summed E-state index contributed by atoms with van der Waals surface area (Å²) in [5, 5.41) is 18.1. The molecule has 2 rings (SSSR count). The lowest BCUT2D eigenvalue weighted by Gasteiger charge is -2.24. The van der Waals surface area contributed by atoms with Gasteiger partial charge in [0.25, 0.3) is 0 Å². The summed E-state index contributed by atoms with van der Waals surface area (Å²) < 4.78 is 0. The fraction of sp³-hybridized carbons (Fsp3) is 0.526. The first kappa shape index (κ1) is 22.6. The van der Waals surface area contributed by atoms with Gasteiger partial charge in [-0.05, 0) is 38.1 Å². The van der Waals surface area contributed by atoms with Crippen LogP contribution < -0.4 is 10.2 Å². The van der Waals surface area contributed by atoms with Gasteiger partial charge >= 0.3 is 11.9 Å². The average molecular weight is 379 g/mol. The van der Waals surface area contributed by atoms with E-state index in [2.05, 4.69) is 30.1 Å². The number of amides is 1. The molecule has 1 unspecified atom stereocenters. The van der Waals surface area contributed by atoms with Crippen molar-refractivity contribution in [1.29, 1.82) is 0 Å². The van der Waals surface area contributed by atoms with Gasteiger partial charge in [-0.25, -0.2) is 9.59 Å². The van der Waals surface area contributed by atoms with Crippen LogP contribution in [0, 0.1) is 0 Å². The monoisotopic (exact) mass is 379 g/mol. The van der Waals surface area contributed by atoms with E-state index < -0.39 is 11.9 Å². The lowest BCUT2D eigenvalue weighted by Crippen LogP contribution is -2.46. The van der Waals surface area contributed by atoms with Gasteiger partial charge < -0.3 is 25.3 Å². The first-order valence-electron chi connectivity index (χ1n) is 9.13. The summed E-state index contributed by atoms with van der Waals surface area (Å²) in [4.78, 5) is 35.0. The number of nitrogens with one attached hydrogen (secondary N) is 1. The Morgan fingerprint density at radius 3 is 2.30 bits per heavy atom. The number of anilines is 1. The van der Waals surface area contributed by atoms with Crippen LogP contribution >= 0.6 is 0 Å². The van der Waals surface area contributed by atoms with Crippen molar-refractivity contribution in [1.82, 2.24) is 10.2 Å². The highest BCUT2D eigenvalue weighted by atomic mass is 16.4. The maximum absolute atomic E-state index is 12.6. The van der Waals surface area contributed by atoms with E-state index in [9.17, 15) is 4.79 Å². The Hall–Kier alpha value is -2.45. The van der Waals surface area contributed by atoms with E-state index in [0.29, 0.717) is 0 Å². The van der Waals surface area contributed by atoms with E-state index in [1.54, 1.807) is 0 Å². The van der Waals surface area contributed by atoms with Gasteiger partial charge in [0.05, 0.1) is 6.04 Å². The van der Waals surface area contributed by atoms with Gasteiger partial charge in [0.15, 0.2) is 0 Å². The summed E-state index contributed by atoms with van der Waals surface area (Å²) in [6, 6.07) is 8.07. The number of hydrogen-bond donors (Lipinski definition) is 3. The van der Waals surface area contributed by atoms with Crippen molar-refractivity contribution in [2.24, 2.45) is 0 Å². The Morgan fingerprint density at radius 1 is 1.15 bits per heavy atom. The SMILES string of the molecule is CCN(CC)CCNC(C)C(=O)N1CCc2ccccc21.O=C(O)C(=O)O. The molecule has 150 valence electrons. The highest BCUT2D eigenvalue weighted by molar-refractivity contribution is 6.27. The molecule has 0 radical (unpaired) electrons. The quantitative estimate of drug-likeness (QED) is 0.607. The number of likely N-dealkylation sites (N-methyl/N-ethyl adjacent to an activating group) is 1. The van der Waals surface area contributed by atoms with Crippen molar-refractivity contribution >= 4 is 23.5 Å². The normalized spacial score (nSPS) is 13.6. The third kappa shape index (κ3) is 6.99. The summed E-state index contributed by atoms with van der Waals surface area (Å²) in [5.74, 6) is -3.47. The van der Waals surface area contributed by atoms with E-state index in [1.807, 2.05) is 30.0 Å². The highest BCUT2D eigenvalue weighted by Gasteiger charge is 2.27. The molecule has 1 aromatic rings. The molecule has 0 aliphatic carbocycles. The number of nitrogens with zero attached hydrogens (tertiary/aromatic N) is 2. The predicted molar refractivity (Wildman–Crippen MR) is 103 cm³/mol. The number of para-hydroxylation sites is 1. The lowest BCUT2D eigenvalue weighted by atomic mass is 10.2. The summed E-state index contributed by atoms with van der Waals surface area (Å²) in [6.45, 7) is 11.1. The summed E-state index contributed by atoms with van der Waals surface area (Å²) >= 11 is 0. The van der Waals surface area contributed by atoms with Crippen molar-refractivity contribution in [2.75, 3.05) is 37.6 Å². The van der Waals surface area contributed by atoms with Crippen LogP contribution in [0.15, 0.2) is 24.3 Å². The smallest absolute Gasteiger partial charge is 0.414 e. The Balaban J connectivity index is 0.000000527. The fourth-order valence-electron chi connectivity index (χ4n) is 2.87. The van der Waals surface area contributed by atoms with Gasteiger partial charge in [0, 0.05) is 25.3 Å². The van der Waals surface area contributed by atoms with Crippen molar-refractivity contribution in [2.45, 2.75) is 33.2 Å². The summed E-state index contributed by atoms with van der Waals surface area (Å²) in [5.41, 5.74) is 2.36. The van der Waals surface area contributed by atoms with Crippen molar-refractivity contribution in [3.05, 3.63) is 29.8 Å². The predicted octanol–water partition coefficient (Wildman–Crippen LogP) is 1.05. The molecule has 0 saturated heterocycles. The molecule has 1 heterocycles. The molecule has 8 heteroatoms. The third-order valence-electron chi connectivity index (χ3n) is 4.48. The van der Waals surface area contributed by atoms with Gasteiger partial charge in [-0.2, -0.15) is 0 Å². The number of carbonyl (C=O) groups is 3. The molecule has 0 aromatic heterocycles. The van der Waals surface area contributed by atoms with Crippen LogP contribution in [0.5, 0.6) is 0 Å². The van der Waals surface area contributed by atoms with Gasteiger partial charge in [-0.1, -0.05) is 32.0 Å². The largest absolute Gasteiger partial charge is 0.473 e. The van der Waals surface area contributed by atoms with Crippen LogP contribution in [-0.2, 0) is 20.8 Å². The summed E-state index contributed by atoms with van der Waals surface area (Å²) in [7, 11) is 0. The van der Waals surface area contributed by atoms with Crippen LogP contribution in [0.25, 0.3) is 0 Å². The molecule has 1 aliphatic heterocycles. The van der Waals surface area contributed by atoms with Crippen molar-refractivity contribution < 1.29 is 24.6 Å². The molecule has 27 heavy (non-hydrogen) atoms. The van der Waals surface area contributed by atoms with Crippen LogP contribution in [0.2, 0.25) is 0 Å². The zero-order chi connectivity index (χ0) is 20.4. The summed E-state index contributed by atoms with van der Waals surface area (Å²) in [6.07, 6.45) is 0.966. The van der Waals surface area contributed by atoms with Gasteiger partial charge in [-0.3, -0.25) is 4.79 Å². The maximum atomic E-state index is 12.6. The van der Waals surface area contributed by atoms with Crippen LogP contribution in [0.4, 0.5) is 5.69 Å².